The minimum Gasteiger partial charge on any atom is -0.493 e. The first-order valence-corrected chi connectivity index (χ1v) is 10.2. The van der Waals surface area contributed by atoms with Crippen LogP contribution in [0, 0.1) is 0 Å². The van der Waals surface area contributed by atoms with Crippen molar-refractivity contribution < 1.29 is 19.0 Å². The van der Waals surface area contributed by atoms with Crippen LogP contribution < -0.4 is 15.4 Å². The van der Waals surface area contributed by atoms with Crippen molar-refractivity contribution in [3.8, 4) is 5.75 Å². The second-order valence-electron chi connectivity index (χ2n) is 8.45. The normalized spacial score (nSPS) is 29.3. The summed E-state index contributed by atoms with van der Waals surface area (Å²) in [6, 6.07) is 3.69. The van der Waals surface area contributed by atoms with Crippen LogP contribution in [0.5, 0.6) is 5.75 Å². The fraction of sp³-hybridized carbons (Fsp3) is 0.455. The van der Waals surface area contributed by atoms with Gasteiger partial charge in [-0.15, -0.1) is 0 Å². The maximum atomic E-state index is 13.1. The molecule has 2 N–H and O–H groups in total. The molecule has 1 saturated carbocycles. The van der Waals surface area contributed by atoms with E-state index in [1.54, 1.807) is 13.3 Å². The molecular formula is C22H26N4O4. The Morgan fingerprint density at radius 3 is 2.97 bits per heavy atom. The molecule has 2 saturated heterocycles. The third kappa shape index (κ3) is 2.98. The van der Waals surface area contributed by atoms with Crippen molar-refractivity contribution in [2.75, 3.05) is 20.3 Å². The molecular weight excluding hydrogens is 384 g/mol. The number of rotatable bonds is 6. The molecule has 1 aromatic carbocycles. The highest BCUT2D eigenvalue weighted by atomic mass is 16.5. The minimum atomic E-state index is -0.407. The van der Waals surface area contributed by atoms with Gasteiger partial charge in [0.05, 0.1) is 41.1 Å². The highest BCUT2D eigenvalue weighted by Gasteiger charge is 2.61. The number of fused-ring (bicyclic) bond motifs is 2. The molecule has 4 heterocycles. The lowest BCUT2D eigenvalue weighted by molar-refractivity contribution is 0.00383. The van der Waals surface area contributed by atoms with Crippen LogP contribution in [-0.2, 0) is 15.0 Å². The molecule has 1 atom stereocenters. The van der Waals surface area contributed by atoms with Gasteiger partial charge in [-0.3, -0.25) is 9.48 Å². The molecule has 6 rings (SSSR count). The number of methoxy groups -OCH3 is 1. The van der Waals surface area contributed by atoms with Crippen LogP contribution in [0.2, 0.25) is 0 Å². The molecule has 8 heteroatoms. The van der Waals surface area contributed by atoms with Crippen molar-refractivity contribution in [3.63, 3.8) is 0 Å². The summed E-state index contributed by atoms with van der Waals surface area (Å²) in [7, 11) is 1.58. The first kappa shape index (κ1) is 19.1. The number of ether oxygens (including phenoxy) is 3. The molecule has 1 aromatic heterocycles. The Kier molecular flexibility index (Phi) is 4.37. The van der Waals surface area contributed by atoms with Crippen LogP contribution in [-0.4, -0.2) is 47.8 Å². The highest BCUT2D eigenvalue weighted by Crippen LogP contribution is 2.55. The van der Waals surface area contributed by atoms with E-state index in [0.717, 1.165) is 23.7 Å². The predicted molar refractivity (Wildman–Crippen MR) is 111 cm³/mol. The third-order valence-electron chi connectivity index (χ3n) is 6.13. The van der Waals surface area contributed by atoms with E-state index < -0.39 is 6.23 Å². The second kappa shape index (κ2) is 6.85. The van der Waals surface area contributed by atoms with Gasteiger partial charge in [0.15, 0.2) is 6.23 Å². The number of nitrogens with zero attached hydrogens (tertiary/aromatic N) is 2. The van der Waals surface area contributed by atoms with Crippen molar-refractivity contribution in [1.82, 2.24) is 20.4 Å². The fourth-order valence-electron chi connectivity index (χ4n) is 4.80. The Hall–Kier alpha value is -2.84. The Labute approximate surface area is 174 Å². The van der Waals surface area contributed by atoms with Gasteiger partial charge < -0.3 is 24.8 Å². The van der Waals surface area contributed by atoms with Crippen LogP contribution in [0.3, 0.4) is 0 Å². The van der Waals surface area contributed by atoms with Crippen LogP contribution in [0.15, 0.2) is 42.4 Å². The number of dihydropyridines is 1. The lowest BCUT2D eigenvalue weighted by Gasteiger charge is -2.42. The summed E-state index contributed by atoms with van der Waals surface area (Å²) < 4.78 is 19.1. The summed E-state index contributed by atoms with van der Waals surface area (Å²) in [4.78, 5) is 13.1. The number of amides is 1. The molecule has 1 aliphatic carbocycles. The van der Waals surface area contributed by atoms with E-state index >= 15 is 0 Å². The monoisotopic (exact) mass is 410 g/mol. The van der Waals surface area contributed by atoms with E-state index in [9.17, 15) is 4.79 Å². The van der Waals surface area contributed by atoms with Gasteiger partial charge in [-0.05, 0) is 38.3 Å². The Balaban J connectivity index is 1.48. The van der Waals surface area contributed by atoms with E-state index in [-0.39, 0.29) is 17.0 Å². The predicted octanol–water partition coefficient (Wildman–Crippen LogP) is 2.42. The molecule has 2 bridgehead atoms. The van der Waals surface area contributed by atoms with Gasteiger partial charge in [0, 0.05) is 37.6 Å². The van der Waals surface area contributed by atoms with Gasteiger partial charge in [-0.2, -0.15) is 5.10 Å². The molecule has 158 valence electrons. The van der Waals surface area contributed by atoms with E-state index in [0.29, 0.717) is 30.2 Å². The highest BCUT2D eigenvalue weighted by molar-refractivity contribution is 6.01. The molecule has 3 fully saturated rings. The van der Waals surface area contributed by atoms with Gasteiger partial charge in [0.25, 0.3) is 5.91 Å². The molecule has 0 spiro atoms. The SMILES string of the molecule is CCOc1cc2nn(C34COC(C)(C3)C4)cc2cc1C(=O)NC1=CC=CNC1OC. The number of benzene rings is 1. The smallest absolute Gasteiger partial charge is 0.259 e. The lowest BCUT2D eigenvalue weighted by Crippen LogP contribution is -2.49. The van der Waals surface area contributed by atoms with Crippen molar-refractivity contribution in [3.05, 3.63) is 47.9 Å². The number of carbonyl (C=O) groups is 1. The zero-order chi connectivity index (χ0) is 20.9. The summed E-state index contributed by atoms with van der Waals surface area (Å²) in [6.07, 6.45) is 8.93. The number of aromatic nitrogens is 2. The summed E-state index contributed by atoms with van der Waals surface area (Å²) in [6.45, 7) is 5.18. The average molecular weight is 410 g/mol. The topological polar surface area (TPSA) is 86.6 Å². The van der Waals surface area contributed by atoms with Crippen LogP contribution >= 0.6 is 0 Å². The Morgan fingerprint density at radius 1 is 1.43 bits per heavy atom. The third-order valence-corrected chi connectivity index (χ3v) is 6.13. The summed E-state index contributed by atoms with van der Waals surface area (Å²) in [5, 5.41) is 11.7. The van der Waals surface area contributed by atoms with E-state index in [4.69, 9.17) is 19.3 Å². The van der Waals surface area contributed by atoms with E-state index in [1.165, 1.54) is 0 Å². The van der Waals surface area contributed by atoms with Crippen LogP contribution in [0.4, 0.5) is 0 Å². The molecule has 8 nitrogen and oxygen atoms in total. The number of allylic oxidation sites excluding steroid dienone is 2. The zero-order valence-electron chi connectivity index (χ0n) is 17.4. The van der Waals surface area contributed by atoms with E-state index in [1.807, 2.05) is 42.1 Å². The number of hydrogen-bond acceptors (Lipinski definition) is 6. The second-order valence-corrected chi connectivity index (χ2v) is 8.45. The lowest BCUT2D eigenvalue weighted by atomic mass is 9.69. The molecule has 4 aliphatic rings. The molecule has 2 aromatic rings. The summed E-state index contributed by atoms with van der Waals surface area (Å²) >= 11 is 0. The van der Waals surface area contributed by atoms with E-state index in [2.05, 4.69) is 17.6 Å². The maximum Gasteiger partial charge on any atom is 0.259 e. The van der Waals surface area contributed by atoms with Crippen molar-refractivity contribution in [2.24, 2.45) is 0 Å². The van der Waals surface area contributed by atoms with Gasteiger partial charge in [0.1, 0.15) is 5.75 Å². The summed E-state index contributed by atoms with van der Waals surface area (Å²) in [5.41, 5.74) is 1.82. The van der Waals surface area contributed by atoms with Crippen LogP contribution in [0.25, 0.3) is 10.9 Å². The minimum absolute atomic E-state index is 0.0201. The number of nitrogens with one attached hydrogen (secondary N) is 2. The van der Waals surface area contributed by atoms with Gasteiger partial charge in [-0.1, -0.05) is 0 Å². The average Bonchev–Trinajstić information content (AvgIpc) is 3.38. The zero-order valence-corrected chi connectivity index (χ0v) is 17.4. The molecule has 3 aliphatic heterocycles. The quantitative estimate of drug-likeness (QED) is 0.761. The molecule has 1 unspecified atom stereocenters. The van der Waals surface area contributed by atoms with Gasteiger partial charge in [0.2, 0.25) is 0 Å². The maximum absolute atomic E-state index is 13.1. The van der Waals surface area contributed by atoms with Crippen LogP contribution in [0.1, 0.15) is 37.0 Å². The number of carbonyl (C=O) groups excluding carboxylic acids is 1. The van der Waals surface area contributed by atoms with Crippen molar-refractivity contribution in [2.45, 2.75) is 44.1 Å². The largest absolute Gasteiger partial charge is 0.493 e. The fourth-order valence-corrected chi connectivity index (χ4v) is 4.80. The Bertz CT molecular complexity index is 1060. The first-order valence-electron chi connectivity index (χ1n) is 10.2. The van der Waals surface area contributed by atoms with Gasteiger partial charge >= 0.3 is 0 Å². The Morgan fingerprint density at radius 2 is 2.27 bits per heavy atom. The molecule has 30 heavy (non-hydrogen) atoms. The standard InChI is InChI=1S/C22H26N4O4/c1-4-29-18-9-17-14(10-26(25-17)22-11-21(2,12-22)30-13-22)8-15(18)19(27)24-16-6-5-7-23-20(16)28-3/h5-10,20,23H,4,11-13H2,1-3H3,(H,24,27). The first-order chi connectivity index (χ1) is 14.5. The summed E-state index contributed by atoms with van der Waals surface area (Å²) in [5.74, 6) is 0.261. The van der Waals surface area contributed by atoms with Crippen molar-refractivity contribution in [1.29, 1.82) is 0 Å². The number of hydrogen-bond donors (Lipinski definition) is 2. The molecule has 1 amide bonds. The molecule has 0 radical (unpaired) electrons. The van der Waals surface area contributed by atoms with Crippen molar-refractivity contribution >= 4 is 16.8 Å². The van der Waals surface area contributed by atoms with Gasteiger partial charge in [-0.25, -0.2) is 0 Å².